The molecule has 1 N–H and O–H groups in total. The van der Waals surface area contributed by atoms with Crippen LogP contribution in [0.4, 0.5) is 0 Å². The van der Waals surface area contributed by atoms with Gasteiger partial charge in [0, 0.05) is 17.3 Å². The highest BCUT2D eigenvalue weighted by molar-refractivity contribution is 9.11. The highest BCUT2D eigenvalue weighted by Gasteiger charge is 2.13. The van der Waals surface area contributed by atoms with E-state index < -0.39 is 0 Å². The number of thiophene rings is 2. The molecule has 0 bridgehead atoms. The fourth-order valence-electron chi connectivity index (χ4n) is 1.72. The van der Waals surface area contributed by atoms with E-state index in [9.17, 15) is 0 Å². The summed E-state index contributed by atoms with van der Waals surface area (Å²) in [6, 6.07) is 6.93. The second-order valence-electron chi connectivity index (χ2n) is 3.70. The summed E-state index contributed by atoms with van der Waals surface area (Å²) in [4.78, 5) is 1.41. The maximum Gasteiger partial charge on any atom is 0.0701 e. The van der Waals surface area contributed by atoms with Gasteiger partial charge in [0.1, 0.15) is 0 Å². The SMILES string of the molecule is CCNC(Cc1ccc(Br)s1)c1csc(Br)c1. The van der Waals surface area contributed by atoms with Crippen molar-refractivity contribution in [2.45, 2.75) is 19.4 Å². The largest absolute Gasteiger partial charge is 0.310 e. The second kappa shape index (κ2) is 6.48. The Morgan fingerprint density at radius 3 is 2.65 bits per heavy atom. The first kappa shape index (κ1) is 13.7. The predicted molar refractivity (Wildman–Crippen MR) is 84.2 cm³/mol. The zero-order valence-electron chi connectivity index (χ0n) is 9.37. The topological polar surface area (TPSA) is 12.0 Å². The summed E-state index contributed by atoms with van der Waals surface area (Å²) >= 11 is 10.6. The van der Waals surface area contributed by atoms with Gasteiger partial charge in [0.25, 0.3) is 0 Å². The molecule has 0 aliphatic heterocycles. The molecule has 2 rings (SSSR count). The Balaban J connectivity index is 2.12. The summed E-state index contributed by atoms with van der Waals surface area (Å²) in [6.45, 7) is 3.14. The van der Waals surface area contributed by atoms with Crippen LogP contribution in [-0.2, 0) is 6.42 Å². The summed E-state index contributed by atoms with van der Waals surface area (Å²) in [7, 11) is 0. The Morgan fingerprint density at radius 2 is 2.12 bits per heavy atom. The third-order valence-electron chi connectivity index (χ3n) is 2.47. The molecule has 92 valence electrons. The third-order valence-corrected chi connectivity index (χ3v) is 5.64. The van der Waals surface area contributed by atoms with E-state index >= 15 is 0 Å². The van der Waals surface area contributed by atoms with Crippen LogP contribution in [0.5, 0.6) is 0 Å². The summed E-state index contributed by atoms with van der Waals surface area (Å²) in [5, 5.41) is 5.77. The number of likely N-dealkylation sites (N-methyl/N-ethyl adjacent to an activating group) is 1. The third kappa shape index (κ3) is 3.89. The Hall–Kier alpha value is 0.320. The summed E-state index contributed by atoms with van der Waals surface area (Å²) < 4.78 is 2.40. The van der Waals surface area contributed by atoms with Crippen molar-refractivity contribution in [1.82, 2.24) is 5.32 Å². The summed E-state index contributed by atoms with van der Waals surface area (Å²) in [6.07, 6.45) is 1.05. The van der Waals surface area contributed by atoms with Crippen LogP contribution in [0, 0.1) is 0 Å². The van der Waals surface area contributed by atoms with Crippen LogP contribution in [0.1, 0.15) is 23.4 Å². The van der Waals surface area contributed by atoms with E-state index in [0.717, 1.165) is 13.0 Å². The molecule has 17 heavy (non-hydrogen) atoms. The lowest BCUT2D eigenvalue weighted by Gasteiger charge is -2.15. The van der Waals surface area contributed by atoms with Crippen LogP contribution in [-0.4, -0.2) is 6.54 Å². The first-order valence-corrected chi connectivity index (χ1v) is 8.68. The van der Waals surface area contributed by atoms with Crippen molar-refractivity contribution < 1.29 is 0 Å². The van der Waals surface area contributed by atoms with E-state index in [-0.39, 0.29) is 0 Å². The fraction of sp³-hybridized carbons (Fsp3) is 0.333. The molecule has 0 saturated carbocycles. The molecule has 0 saturated heterocycles. The maximum atomic E-state index is 3.55. The van der Waals surface area contributed by atoms with E-state index in [1.165, 1.54) is 18.0 Å². The number of halogens is 2. The average Bonchev–Trinajstić information content (AvgIpc) is 2.87. The molecule has 0 amide bonds. The van der Waals surface area contributed by atoms with Gasteiger partial charge in [-0.15, -0.1) is 22.7 Å². The molecule has 5 heteroatoms. The number of hydrogen-bond acceptors (Lipinski definition) is 3. The first-order valence-electron chi connectivity index (χ1n) is 5.40. The van der Waals surface area contributed by atoms with Gasteiger partial charge in [-0.3, -0.25) is 0 Å². The van der Waals surface area contributed by atoms with Gasteiger partial charge in [-0.25, -0.2) is 0 Å². The zero-order chi connectivity index (χ0) is 12.3. The van der Waals surface area contributed by atoms with Crippen LogP contribution >= 0.6 is 54.5 Å². The second-order valence-corrected chi connectivity index (χ2v) is 8.54. The monoisotopic (exact) mass is 393 g/mol. The van der Waals surface area contributed by atoms with Gasteiger partial charge >= 0.3 is 0 Å². The lowest BCUT2D eigenvalue weighted by molar-refractivity contribution is 0.555. The van der Waals surface area contributed by atoms with Crippen molar-refractivity contribution in [3.8, 4) is 0 Å². The Bertz CT molecular complexity index is 478. The molecule has 0 aromatic carbocycles. The Labute approximate surface area is 127 Å². The van der Waals surface area contributed by atoms with Gasteiger partial charge in [0.2, 0.25) is 0 Å². The Morgan fingerprint density at radius 1 is 1.29 bits per heavy atom. The molecule has 2 aromatic rings. The molecule has 1 nitrogen and oxygen atoms in total. The van der Waals surface area contributed by atoms with Gasteiger partial charge < -0.3 is 5.32 Å². The molecule has 0 fully saturated rings. The molecule has 0 radical (unpaired) electrons. The molecule has 2 aromatic heterocycles. The van der Waals surface area contributed by atoms with Crippen LogP contribution in [0.15, 0.2) is 31.2 Å². The van der Waals surface area contributed by atoms with Gasteiger partial charge in [-0.05, 0) is 67.5 Å². The minimum absolute atomic E-state index is 0.410. The minimum atomic E-state index is 0.410. The van der Waals surface area contributed by atoms with Gasteiger partial charge in [-0.1, -0.05) is 6.92 Å². The lowest BCUT2D eigenvalue weighted by Crippen LogP contribution is -2.22. The van der Waals surface area contributed by atoms with E-state index in [0.29, 0.717) is 6.04 Å². The minimum Gasteiger partial charge on any atom is -0.310 e. The number of nitrogens with one attached hydrogen (secondary N) is 1. The standard InChI is InChI=1S/C12H13Br2NS2/c1-2-15-10(8-5-12(14)16-7-8)6-9-3-4-11(13)17-9/h3-5,7,10,15H,2,6H2,1H3. The van der Waals surface area contributed by atoms with Crippen LogP contribution in [0.3, 0.4) is 0 Å². The Kier molecular flexibility index (Phi) is 5.24. The van der Waals surface area contributed by atoms with Crippen LogP contribution in [0.2, 0.25) is 0 Å². The normalized spacial score (nSPS) is 12.9. The van der Waals surface area contributed by atoms with Gasteiger partial charge in [0.05, 0.1) is 7.57 Å². The summed E-state index contributed by atoms with van der Waals surface area (Å²) in [5.41, 5.74) is 1.37. The molecule has 0 aliphatic rings. The van der Waals surface area contributed by atoms with Crippen LogP contribution in [0.25, 0.3) is 0 Å². The molecule has 0 spiro atoms. The van der Waals surface area contributed by atoms with Crippen molar-refractivity contribution in [3.63, 3.8) is 0 Å². The average molecular weight is 395 g/mol. The first-order chi connectivity index (χ1) is 8.19. The molecule has 2 heterocycles. The van der Waals surface area contributed by atoms with Crippen molar-refractivity contribution in [2.24, 2.45) is 0 Å². The maximum absolute atomic E-state index is 3.55. The number of hydrogen-bond donors (Lipinski definition) is 1. The van der Waals surface area contributed by atoms with E-state index in [1.807, 2.05) is 11.3 Å². The predicted octanol–water partition coefficient (Wildman–Crippen LogP) is 5.23. The smallest absolute Gasteiger partial charge is 0.0701 e. The highest BCUT2D eigenvalue weighted by atomic mass is 79.9. The van der Waals surface area contributed by atoms with Crippen LogP contribution < -0.4 is 5.32 Å². The highest BCUT2D eigenvalue weighted by Crippen LogP contribution is 2.30. The van der Waals surface area contributed by atoms with E-state index in [4.69, 9.17) is 0 Å². The quantitative estimate of drug-likeness (QED) is 0.732. The number of rotatable bonds is 5. The molecular weight excluding hydrogens is 382 g/mol. The van der Waals surface area contributed by atoms with Gasteiger partial charge in [0.15, 0.2) is 0 Å². The van der Waals surface area contributed by atoms with Gasteiger partial charge in [-0.2, -0.15) is 0 Å². The molecule has 1 unspecified atom stereocenters. The zero-order valence-corrected chi connectivity index (χ0v) is 14.2. The molecule has 0 aliphatic carbocycles. The van der Waals surface area contributed by atoms with E-state index in [2.05, 4.69) is 67.7 Å². The van der Waals surface area contributed by atoms with Crippen molar-refractivity contribution >= 4 is 54.5 Å². The summed E-state index contributed by atoms with van der Waals surface area (Å²) in [5.74, 6) is 0. The van der Waals surface area contributed by atoms with Crippen molar-refractivity contribution in [1.29, 1.82) is 0 Å². The lowest BCUT2D eigenvalue weighted by atomic mass is 10.1. The molecular formula is C12H13Br2NS2. The van der Waals surface area contributed by atoms with E-state index in [1.54, 1.807) is 11.3 Å². The van der Waals surface area contributed by atoms with Crippen molar-refractivity contribution in [3.05, 3.63) is 41.6 Å². The fourth-order valence-corrected chi connectivity index (χ4v) is 4.48. The van der Waals surface area contributed by atoms with Crippen molar-refractivity contribution in [2.75, 3.05) is 6.54 Å². The molecule has 1 atom stereocenters.